The average Bonchev–Trinajstić information content (AvgIpc) is 3.39. The minimum absolute atomic E-state index is 0.160. The molecular weight excluding hydrogens is 422 g/mol. The zero-order valence-corrected chi connectivity index (χ0v) is 17.7. The van der Waals surface area contributed by atoms with Crippen LogP contribution < -0.4 is 10.0 Å². The number of nitrogens with one attached hydrogen (secondary N) is 2. The molecule has 7 nitrogen and oxygen atoms in total. The van der Waals surface area contributed by atoms with E-state index in [1.165, 1.54) is 30.5 Å². The van der Waals surface area contributed by atoms with E-state index in [4.69, 9.17) is 4.42 Å². The number of anilines is 1. The Hall–Kier alpha value is -3.01. The molecule has 0 saturated heterocycles. The summed E-state index contributed by atoms with van der Waals surface area (Å²) in [5.74, 6) is 0.497. The van der Waals surface area contributed by atoms with Gasteiger partial charge in [-0.15, -0.1) is 11.3 Å². The van der Waals surface area contributed by atoms with Gasteiger partial charge in [-0.3, -0.25) is 4.79 Å². The van der Waals surface area contributed by atoms with Crippen LogP contribution in [0.15, 0.2) is 69.3 Å². The Balaban J connectivity index is 1.35. The number of fused-ring (bicyclic) bond motifs is 1. The molecule has 30 heavy (non-hydrogen) atoms. The molecule has 2 heterocycles. The van der Waals surface area contributed by atoms with Crippen LogP contribution in [0.3, 0.4) is 0 Å². The number of thiazole rings is 1. The Labute approximate surface area is 177 Å². The maximum Gasteiger partial charge on any atom is 0.240 e. The molecule has 0 unspecified atom stereocenters. The monoisotopic (exact) mass is 441 g/mol. The molecule has 0 atom stereocenters. The fourth-order valence-electron chi connectivity index (χ4n) is 2.95. The smallest absolute Gasteiger partial charge is 0.240 e. The first-order valence-electron chi connectivity index (χ1n) is 9.21. The van der Waals surface area contributed by atoms with Gasteiger partial charge in [-0.25, -0.2) is 18.1 Å². The number of carbonyl (C=O) groups is 1. The largest absolute Gasteiger partial charge is 0.454 e. The summed E-state index contributed by atoms with van der Waals surface area (Å²) >= 11 is 1.33. The van der Waals surface area contributed by atoms with Crippen molar-refractivity contribution < 1.29 is 17.6 Å². The third-order valence-corrected chi connectivity index (χ3v) is 6.76. The molecule has 0 spiro atoms. The summed E-state index contributed by atoms with van der Waals surface area (Å²) in [6.45, 7) is 0. The number of amides is 1. The lowest BCUT2D eigenvalue weighted by atomic mass is 10.1. The van der Waals surface area contributed by atoms with Gasteiger partial charge in [0.25, 0.3) is 0 Å². The minimum Gasteiger partial charge on any atom is -0.454 e. The van der Waals surface area contributed by atoms with E-state index in [1.54, 1.807) is 12.1 Å². The van der Waals surface area contributed by atoms with E-state index in [0.717, 1.165) is 16.5 Å². The molecular formula is C21H19N3O4S2. The molecule has 2 aromatic carbocycles. The quantitative estimate of drug-likeness (QED) is 0.451. The van der Waals surface area contributed by atoms with Crippen molar-refractivity contribution in [2.24, 2.45) is 0 Å². The fourth-order valence-corrected chi connectivity index (χ4v) is 4.39. The van der Waals surface area contributed by atoms with Crippen molar-refractivity contribution in [2.45, 2.75) is 17.7 Å². The molecule has 0 aliphatic heterocycles. The highest BCUT2D eigenvalue weighted by Gasteiger charge is 2.13. The summed E-state index contributed by atoms with van der Waals surface area (Å²) < 4.78 is 31.6. The Morgan fingerprint density at radius 2 is 1.90 bits per heavy atom. The molecule has 1 amide bonds. The number of hydrogen-bond donors (Lipinski definition) is 2. The van der Waals surface area contributed by atoms with Gasteiger partial charge in [-0.1, -0.05) is 30.3 Å². The van der Waals surface area contributed by atoms with Crippen molar-refractivity contribution in [1.82, 2.24) is 9.71 Å². The Morgan fingerprint density at radius 3 is 2.63 bits per heavy atom. The fraction of sp³-hybridized carbons (Fsp3) is 0.143. The van der Waals surface area contributed by atoms with Crippen molar-refractivity contribution in [2.75, 3.05) is 12.4 Å². The lowest BCUT2D eigenvalue weighted by molar-refractivity contribution is -0.116. The van der Waals surface area contributed by atoms with Crippen LogP contribution in [0.25, 0.3) is 22.4 Å². The molecule has 0 aliphatic carbocycles. The van der Waals surface area contributed by atoms with E-state index < -0.39 is 10.0 Å². The Bertz CT molecular complexity index is 1260. The van der Waals surface area contributed by atoms with Crippen LogP contribution in [-0.4, -0.2) is 26.4 Å². The summed E-state index contributed by atoms with van der Waals surface area (Å²) in [5, 5.41) is 6.15. The van der Waals surface area contributed by atoms with Gasteiger partial charge in [0, 0.05) is 17.2 Å². The van der Waals surface area contributed by atoms with Crippen LogP contribution in [0.5, 0.6) is 0 Å². The number of aromatic nitrogens is 1. The number of hydrogen-bond acceptors (Lipinski definition) is 6. The van der Waals surface area contributed by atoms with Crippen molar-refractivity contribution in [1.29, 1.82) is 0 Å². The van der Waals surface area contributed by atoms with Gasteiger partial charge in [0.15, 0.2) is 10.9 Å². The lowest BCUT2D eigenvalue weighted by Crippen LogP contribution is -2.18. The van der Waals surface area contributed by atoms with E-state index in [2.05, 4.69) is 15.0 Å². The number of furan rings is 1. The number of para-hydroxylation sites is 1. The normalized spacial score (nSPS) is 11.6. The van der Waals surface area contributed by atoms with Crippen LogP contribution in [-0.2, 0) is 21.2 Å². The second-order valence-corrected chi connectivity index (χ2v) is 9.33. The van der Waals surface area contributed by atoms with Crippen LogP contribution in [0.1, 0.15) is 12.0 Å². The maximum atomic E-state index is 12.3. The topological polar surface area (TPSA) is 101 Å². The van der Waals surface area contributed by atoms with Crippen LogP contribution in [0, 0.1) is 0 Å². The summed E-state index contributed by atoms with van der Waals surface area (Å²) in [6.07, 6.45) is 0.755. The number of benzene rings is 2. The van der Waals surface area contributed by atoms with Crippen LogP contribution in [0.2, 0.25) is 0 Å². The van der Waals surface area contributed by atoms with Crippen LogP contribution >= 0.6 is 11.3 Å². The Kier molecular flexibility index (Phi) is 5.67. The lowest BCUT2D eigenvalue weighted by Gasteiger charge is -2.05. The third-order valence-electron chi connectivity index (χ3n) is 4.57. The van der Waals surface area contributed by atoms with Crippen molar-refractivity contribution in [3.05, 3.63) is 65.5 Å². The molecule has 154 valence electrons. The van der Waals surface area contributed by atoms with Crippen molar-refractivity contribution in [3.8, 4) is 11.5 Å². The highest BCUT2D eigenvalue weighted by atomic mass is 32.2. The highest BCUT2D eigenvalue weighted by Crippen LogP contribution is 2.30. The van der Waals surface area contributed by atoms with E-state index in [-0.39, 0.29) is 17.2 Å². The number of carbonyl (C=O) groups excluding carboxylic acids is 1. The standard InChI is InChI=1S/C21H19N3O4S2/c1-22-30(26,27)16-9-6-14(7-10-16)8-11-20(25)24-21-23-17(13-29-21)19-12-15-4-2-3-5-18(15)28-19/h2-7,9-10,12-13,22H,8,11H2,1H3,(H,23,24,25). The third kappa shape index (κ3) is 4.43. The van der Waals surface area contributed by atoms with E-state index in [0.29, 0.717) is 23.0 Å². The molecule has 9 heteroatoms. The van der Waals surface area contributed by atoms with Gasteiger partial charge in [0.1, 0.15) is 11.3 Å². The first-order chi connectivity index (χ1) is 14.4. The van der Waals surface area contributed by atoms with Crippen molar-refractivity contribution in [3.63, 3.8) is 0 Å². The predicted molar refractivity (Wildman–Crippen MR) is 117 cm³/mol. The van der Waals surface area contributed by atoms with Crippen molar-refractivity contribution >= 4 is 43.4 Å². The molecule has 4 aromatic rings. The maximum absolute atomic E-state index is 12.3. The molecule has 2 aromatic heterocycles. The number of nitrogens with zero attached hydrogens (tertiary/aromatic N) is 1. The second-order valence-electron chi connectivity index (χ2n) is 6.59. The predicted octanol–water partition coefficient (Wildman–Crippen LogP) is 4.04. The van der Waals surface area contributed by atoms with Gasteiger partial charge < -0.3 is 9.73 Å². The molecule has 4 rings (SSSR count). The molecule has 0 aliphatic rings. The zero-order chi connectivity index (χ0) is 21.1. The summed E-state index contributed by atoms with van der Waals surface area (Å²) in [6, 6.07) is 16.1. The first-order valence-corrected chi connectivity index (χ1v) is 11.6. The number of rotatable bonds is 7. The van der Waals surface area contributed by atoms with Gasteiger partial charge in [0.05, 0.1) is 4.90 Å². The van der Waals surface area contributed by atoms with Crippen LogP contribution in [0.4, 0.5) is 5.13 Å². The first kappa shape index (κ1) is 20.3. The number of aryl methyl sites for hydroxylation is 1. The SMILES string of the molecule is CNS(=O)(=O)c1ccc(CCC(=O)Nc2nc(-c3cc4ccccc4o3)cs2)cc1. The van der Waals surface area contributed by atoms with E-state index >= 15 is 0 Å². The summed E-state index contributed by atoms with van der Waals surface area (Å²) in [5.41, 5.74) is 2.34. The van der Waals surface area contributed by atoms with Gasteiger partial charge in [0.2, 0.25) is 15.9 Å². The molecule has 2 N–H and O–H groups in total. The second kappa shape index (κ2) is 8.39. The van der Waals surface area contributed by atoms with E-state index in [9.17, 15) is 13.2 Å². The molecule has 0 fully saturated rings. The number of sulfonamides is 1. The highest BCUT2D eigenvalue weighted by molar-refractivity contribution is 7.89. The Morgan fingerprint density at radius 1 is 1.13 bits per heavy atom. The molecule has 0 saturated carbocycles. The summed E-state index contributed by atoms with van der Waals surface area (Å²) in [7, 11) is -2.09. The average molecular weight is 442 g/mol. The van der Waals surface area contributed by atoms with Gasteiger partial charge in [-0.2, -0.15) is 0 Å². The zero-order valence-electron chi connectivity index (χ0n) is 16.1. The molecule has 0 bridgehead atoms. The van der Waals surface area contributed by atoms with Gasteiger partial charge >= 0.3 is 0 Å². The summed E-state index contributed by atoms with van der Waals surface area (Å²) in [4.78, 5) is 16.9. The minimum atomic E-state index is -3.46. The van der Waals surface area contributed by atoms with E-state index in [1.807, 2.05) is 35.7 Å². The van der Waals surface area contributed by atoms with Gasteiger partial charge in [-0.05, 0) is 43.3 Å². The molecule has 0 radical (unpaired) electrons.